The molecule has 168 valence electrons. The molecule has 1 aliphatic rings. The summed E-state index contributed by atoms with van der Waals surface area (Å²) < 4.78 is 57.4. The summed E-state index contributed by atoms with van der Waals surface area (Å²) in [5.41, 5.74) is 2.98. The number of nitrogens with zero attached hydrogens (tertiary/aromatic N) is 4. The highest BCUT2D eigenvalue weighted by molar-refractivity contribution is 5.93. The van der Waals surface area contributed by atoms with Crippen LogP contribution in [0.2, 0.25) is 0 Å². The zero-order valence-electron chi connectivity index (χ0n) is 17.1. The molecule has 1 saturated carbocycles. The molecule has 11 heteroatoms. The molecule has 0 aromatic carbocycles. The van der Waals surface area contributed by atoms with Crippen molar-refractivity contribution >= 4 is 22.6 Å². The highest BCUT2D eigenvalue weighted by Gasteiger charge is 2.35. The van der Waals surface area contributed by atoms with Crippen molar-refractivity contribution in [3.05, 3.63) is 42.4 Å². The van der Waals surface area contributed by atoms with E-state index in [1.165, 1.54) is 6.07 Å². The van der Waals surface area contributed by atoms with Crippen LogP contribution < -0.4 is 5.32 Å². The van der Waals surface area contributed by atoms with Crippen LogP contribution in [0.1, 0.15) is 31.4 Å². The van der Waals surface area contributed by atoms with Crippen molar-refractivity contribution in [1.29, 1.82) is 0 Å². The van der Waals surface area contributed by atoms with Gasteiger partial charge in [0.05, 0.1) is 11.8 Å². The average molecular weight is 448 g/mol. The lowest BCUT2D eigenvalue weighted by Crippen LogP contribution is -2.33. The van der Waals surface area contributed by atoms with E-state index in [-0.39, 0.29) is 11.7 Å². The number of aromatic nitrogens is 5. The topological polar surface area (TPSA) is 80.1 Å². The number of rotatable bonds is 4. The number of anilines is 1. The molecule has 5 rings (SSSR count). The second kappa shape index (κ2) is 7.73. The van der Waals surface area contributed by atoms with E-state index in [4.69, 9.17) is 0 Å². The fraction of sp³-hybridized carbons (Fsp3) is 0.381. The summed E-state index contributed by atoms with van der Waals surface area (Å²) in [7, 11) is 0. The van der Waals surface area contributed by atoms with E-state index in [2.05, 4.69) is 30.0 Å². The van der Waals surface area contributed by atoms with Crippen LogP contribution in [0, 0.1) is 12.7 Å². The number of alkyl halides is 3. The van der Waals surface area contributed by atoms with Gasteiger partial charge in [-0.25, -0.2) is 14.4 Å². The van der Waals surface area contributed by atoms with Gasteiger partial charge in [0.25, 0.3) is 0 Å². The average Bonchev–Trinajstić information content (AvgIpc) is 3.31. The fourth-order valence-corrected chi connectivity index (χ4v) is 4.24. The number of aryl methyl sites for hydroxylation is 1. The monoisotopic (exact) mass is 448 g/mol. The van der Waals surface area contributed by atoms with E-state index < -0.39 is 18.3 Å². The summed E-state index contributed by atoms with van der Waals surface area (Å²) in [6.07, 6.45) is 3.22. The van der Waals surface area contributed by atoms with Gasteiger partial charge in [0.1, 0.15) is 5.65 Å². The van der Waals surface area contributed by atoms with Crippen LogP contribution in [0.4, 0.5) is 23.5 Å². The Kier molecular flexibility index (Phi) is 5.00. The van der Waals surface area contributed by atoms with Crippen molar-refractivity contribution in [3.8, 4) is 11.1 Å². The summed E-state index contributed by atoms with van der Waals surface area (Å²) in [6, 6.07) is 1.40. The first-order chi connectivity index (χ1) is 15.2. The minimum atomic E-state index is -4.60. The van der Waals surface area contributed by atoms with Gasteiger partial charge >= 0.3 is 6.36 Å². The summed E-state index contributed by atoms with van der Waals surface area (Å²) in [5, 5.41) is 3.92. The molecular weight excluding hydrogens is 428 g/mol. The Morgan fingerprint density at radius 3 is 2.69 bits per heavy atom. The van der Waals surface area contributed by atoms with Crippen LogP contribution in [-0.4, -0.2) is 42.8 Å². The molecule has 7 nitrogen and oxygen atoms in total. The Morgan fingerprint density at radius 1 is 1.16 bits per heavy atom. The van der Waals surface area contributed by atoms with Crippen molar-refractivity contribution < 1.29 is 22.3 Å². The van der Waals surface area contributed by atoms with Crippen molar-refractivity contribution in [2.24, 2.45) is 0 Å². The normalized spacial score (nSPS) is 19.7. The molecule has 0 atom stereocenters. The molecular formula is C21H20F4N6O. The first-order valence-electron chi connectivity index (χ1n) is 10.3. The molecule has 32 heavy (non-hydrogen) atoms. The Hall–Kier alpha value is -3.21. The number of ether oxygens (including phenoxy) is 1. The number of H-pyrrole nitrogens is 1. The zero-order chi connectivity index (χ0) is 22.5. The Labute approximate surface area is 179 Å². The van der Waals surface area contributed by atoms with Crippen LogP contribution >= 0.6 is 0 Å². The van der Waals surface area contributed by atoms with E-state index in [0.717, 1.165) is 16.6 Å². The second-order valence-electron chi connectivity index (χ2n) is 8.03. The molecule has 1 aliphatic carbocycles. The van der Waals surface area contributed by atoms with Crippen molar-refractivity contribution in [3.63, 3.8) is 0 Å². The van der Waals surface area contributed by atoms with Crippen LogP contribution in [0.25, 0.3) is 27.8 Å². The number of hydrogen-bond acceptors (Lipinski definition) is 5. The van der Waals surface area contributed by atoms with Gasteiger partial charge in [-0.3, -0.25) is 4.74 Å². The van der Waals surface area contributed by atoms with Gasteiger partial charge in [-0.15, -0.1) is 13.2 Å². The minimum Gasteiger partial charge on any atom is -0.351 e. The van der Waals surface area contributed by atoms with E-state index >= 15 is 0 Å². The standard InChI is InChI=1S/C21H20F4N6O/c1-11-9-31-10-12(6-17(22)19(31)28-11)15-7-26-18-16(15)8-27-20(30-18)29-13-2-4-14(5-3-13)32-21(23,24)25/h6-10,13-14H,2-5H2,1H3,(H2,26,27,29,30)/t13-,14+. The molecule has 0 aliphatic heterocycles. The maximum absolute atomic E-state index is 14.5. The maximum atomic E-state index is 14.5. The summed E-state index contributed by atoms with van der Waals surface area (Å²) in [5.74, 6) is -0.0350. The van der Waals surface area contributed by atoms with Gasteiger partial charge in [0.2, 0.25) is 5.95 Å². The number of aromatic amines is 1. The minimum absolute atomic E-state index is 0.0315. The molecule has 0 spiro atoms. The summed E-state index contributed by atoms with van der Waals surface area (Å²) in [6.45, 7) is 1.80. The second-order valence-corrected chi connectivity index (χ2v) is 8.03. The van der Waals surface area contributed by atoms with Gasteiger partial charge in [0, 0.05) is 47.3 Å². The van der Waals surface area contributed by atoms with Crippen LogP contribution in [0.3, 0.4) is 0 Å². The molecule has 4 heterocycles. The number of halogens is 4. The molecule has 4 aromatic rings. The first kappa shape index (κ1) is 20.7. The van der Waals surface area contributed by atoms with E-state index in [0.29, 0.717) is 42.8 Å². The lowest BCUT2D eigenvalue weighted by atomic mass is 9.93. The van der Waals surface area contributed by atoms with E-state index in [1.54, 1.807) is 36.1 Å². The molecule has 0 bridgehead atoms. The SMILES string of the molecule is Cc1cn2cc(-c3c[nH]c4nc(N[C@H]5CC[C@@H](OC(F)(F)F)CC5)ncc34)cc(F)c2n1. The predicted molar refractivity (Wildman–Crippen MR) is 110 cm³/mol. The Bertz CT molecular complexity index is 1270. The largest absolute Gasteiger partial charge is 0.522 e. The quantitative estimate of drug-likeness (QED) is 0.431. The molecule has 1 fully saturated rings. The fourth-order valence-electron chi connectivity index (χ4n) is 4.24. The smallest absolute Gasteiger partial charge is 0.351 e. The van der Waals surface area contributed by atoms with E-state index in [1.807, 2.05) is 0 Å². The number of pyridine rings is 1. The third-order valence-corrected chi connectivity index (χ3v) is 5.68. The molecule has 0 unspecified atom stereocenters. The molecule has 0 amide bonds. The zero-order valence-corrected chi connectivity index (χ0v) is 17.1. The first-order valence-corrected chi connectivity index (χ1v) is 10.3. The predicted octanol–water partition coefficient (Wildman–Crippen LogP) is 4.98. The van der Waals surface area contributed by atoms with Crippen molar-refractivity contribution in [2.45, 2.75) is 51.1 Å². The number of imidazole rings is 1. The Balaban J connectivity index is 1.33. The van der Waals surface area contributed by atoms with Gasteiger partial charge in [-0.2, -0.15) is 4.98 Å². The van der Waals surface area contributed by atoms with Gasteiger partial charge in [0.15, 0.2) is 11.5 Å². The molecule has 2 N–H and O–H groups in total. The maximum Gasteiger partial charge on any atom is 0.522 e. The Morgan fingerprint density at radius 2 is 1.94 bits per heavy atom. The number of hydrogen-bond donors (Lipinski definition) is 2. The highest BCUT2D eigenvalue weighted by Crippen LogP contribution is 2.31. The highest BCUT2D eigenvalue weighted by atomic mass is 19.4. The molecule has 4 aromatic heterocycles. The van der Waals surface area contributed by atoms with Crippen LogP contribution in [0.5, 0.6) is 0 Å². The lowest BCUT2D eigenvalue weighted by Gasteiger charge is -2.29. The third kappa shape index (κ3) is 4.12. The third-order valence-electron chi connectivity index (χ3n) is 5.68. The van der Waals surface area contributed by atoms with Gasteiger partial charge < -0.3 is 14.7 Å². The lowest BCUT2D eigenvalue weighted by molar-refractivity contribution is -0.345. The van der Waals surface area contributed by atoms with Crippen molar-refractivity contribution in [2.75, 3.05) is 5.32 Å². The van der Waals surface area contributed by atoms with Crippen LogP contribution in [0.15, 0.2) is 30.9 Å². The number of fused-ring (bicyclic) bond motifs is 2. The summed E-state index contributed by atoms with van der Waals surface area (Å²) >= 11 is 0. The number of nitrogens with one attached hydrogen (secondary N) is 2. The molecule has 0 radical (unpaired) electrons. The molecule has 0 saturated heterocycles. The van der Waals surface area contributed by atoms with Gasteiger partial charge in [-0.1, -0.05) is 0 Å². The van der Waals surface area contributed by atoms with Crippen LogP contribution in [-0.2, 0) is 4.74 Å². The van der Waals surface area contributed by atoms with Gasteiger partial charge in [-0.05, 0) is 38.7 Å². The van der Waals surface area contributed by atoms with E-state index in [9.17, 15) is 17.6 Å². The van der Waals surface area contributed by atoms with Crippen molar-refractivity contribution in [1.82, 2.24) is 24.3 Å². The summed E-state index contributed by atoms with van der Waals surface area (Å²) in [4.78, 5) is 16.1.